The summed E-state index contributed by atoms with van der Waals surface area (Å²) in [6.45, 7) is 4.69. The van der Waals surface area contributed by atoms with Crippen LogP contribution in [0.25, 0.3) is 5.69 Å². The average Bonchev–Trinajstić information content (AvgIpc) is 3.30. The number of nitrogens with zero attached hydrogens (tertiary/aromatic N) is 3. The van der Waals surface area contributed by atoms with E-state index in [0.29, 0.717) is 24.5 Å². The standard InChI is InChI=1S/C25H28N4O3S/c1-16-15-18(17(2)29(16)20-10-4-5-11-21(20)30)24-23(19-9-6-7-13-26-19)27-25(33)28(24)14-8-12-22(31)32-3/h4-7,9-11,13,15,23-24,30H,8,12,14H2,1-3H3,(H,27,33). The predicted molar refractivity (Wildman–Crippen MR) is 130 cm³/mol. The quantitative estimate of drug-likeness (QED) is 0.402. The normalized spacial score (nSPS) is 17.8. The van der Waals surface area contributed by atoms with Crippen molar-refractivity contribution < 1.29 is 14.6 Å². The highest BCUT2D eigenvalue weighted by atomic mass is 32.1. The molecular formula is C25H28N4O3S. The molecule has 3 aromatic rings. The molecule has 2 atom stereocenters. The number of para-hydroxylation sites is 2. The number of aryl methyl sites for hydroxylation is 1. The number of aromatic nitrogens is 2. The number of carbonyl (C=O) groups excluding carboxylic acids is 1. The van der Waals surface area contributed by atoms with Gasteiger partial charge in [0, 0.05) is 30.6 Å². The molecule has 2 N–H and O–H groups in total. The van der Waals surface area contributed by atoms with Crippen LogP contribution in [0.15, 0.2) is 54.7 Å². The van der Waals surface area contributed by atoms with Crippen molar-refractivity contribution in [3.63, 3.8) is 0 Å². The Hall–Kier alpha value is -3.39. The van der Waals surface area contributed by atoms with Gasteiger partial charge in [0.2, 0.25) is 0 Å². The largest absolute Gasteiger partial charge is 0.506 e. The molecular weight excluding hydrogens is 436 g/mol. The first kappa shape index (κ1) is 22.8. The second-order valence-corrected chi connectivity index (χ2v) is 8.54. The van der Waals surface area contributed by atoms with Crippen molar-refractivity contribution in [3.8, 4) is 11.4 Å². The Kier molecular flexibility index (Phi) is 6.65. The Morgan fingerprint density at radius 3 is 2.67 bits per heavy atom. The van der Waals surface area contributed by atoms with Gasteiger partial charge in [0.25, 0.3) is 0 Å². The summed E-state index contributed by atoms with van der Waals surface area (Å²) >= 11 is 5.72. The lowest BCUT2D eigenvalue weighted by Crippen LogP contribution is -2.31. The molecule has 4 rings (SSSR count). The number of esters is 1. The van der Waals surface area contributed by atoms with Gasteiger partial charge in [-0.2, -0.15) is 0 Å². The van der Waals surface area contributed by atoms with Gasteiger partial charge in [-0.3, -0.25) is 9.78 Å². The topological polar surface area (TPSA) is 79.6 Å². The number of nitrogens with one attached hydrogen (secondary N) is 1. The van der Waals surface area contributed by atoms with Crippen LogP contribution in [-0.2, 0) is 9.53 Å². The summed E-state index contributed by atoms with van der Waals surface area (Å²) in [7, 11) is 1.40. The molecule has 33 heavy (non-hydrogen) atoms. The number of methoxy groups -OCH3 is 1. The molecule has 1 fully saturated rings. The molecule has 7 nitrogen and oxygen atoms in total. The van der Waals surface area contributed by atoms with E-state index in [1.807, 2.05) is 43.3 Å². The molecule has 1 aliphatic rings. The van der Waals surface area contributed by atoms with Crippen LogP contribution in [-0.4, -0.2) is 44.3 Å². The van der Waals surface area contributed by atoms with Gasteiger partial charge in [0.05, 0.1) is 30.6 Å². The van der Waals surface area contributed by atoms with Crippen molar-refractivity contribution in [2.75, 3.05) is 13.7 Å². The van der Waals surface area contributed by atoms with E-state index in [1.54, 1.807) is 12.3 Å². The zero-order valence-corrected chi connectivity index (χ0v) is 19.8. The number of ether oxygens (including phenoxy) is 1. The van der Waals surface area contributed by atoms with Crippen LogP contribution < -0.4 is 5.32 Å². The van der Waals surface area contributed by atoms with E-state index < -0.39 is 0 Å². The number of carbonyl (C=O) groups is 1. The van der Waals surface area contributed by atoms with Gasteiger partial charge in [0.15, 0.2) is 5.11 Å². The Morgan fingerprint density at radius 1 is 1.21 bits per heavy atom. The zero-order valence-electron chi connectivity index (χ0n) is 19.0. The van der Waals surface area contributed by atoms with Crippen molar-refractivity contribution in [2.24, 2.45) is 0 Å². The number of thiocarbonyl (C=S) groups is 1. The van der Waals surface area contributed by atoms with Gasteiger partial charge in [-0.25, -0.2) is 0 Å². The van der Waals surface area contributed by atoms with E-state index >= 15 is 0 Å². The van der Waals surface area contributed by atoms with Crippen LogP contribution in [0.5, 0.6) is 5.75 Å². The molecule has 0 bridgehead atoms. The highest BCUT2D eigenvalue weighted by molar-refractivity contribution is 7.80. The Balaban J connectivity index is 1.76. The smallest absolute Gasteiger partial charge is 0.305 e. The molecule has 1 aromatic carbocycles. The van der Waals surface area contributed by atoms with Gasteiger partial charge >= 0.3 is 5.97 Å². The number of hydrogen-bond acceptors (Lipinski definition) is 5. The summed E-state index contributed by atoms with van der Waals surface area (Å²) < 4.78 is 6.86. The number of phenolic OH excluding ortho intramolecular Hbond substituents is 1. The van der Waals surface area contributed by atoms with Gasteiger partial charge in [0.1, 0.15) is 5.75 Å². The molecule has 0 radical (unpaired) electrons. The summed E-state index contributed by atoms with van der Waals surface area (Å²) in [6.07, 6.45) is 2.73. The summed E-state index contributed by atoms with van der Waals surface area (Å²) in [6, 6.07) is 15.1. The van der Waals surface area contributed by atoms with Crippen LogP contribution >= 0.6 is 12.2 Å². The van der Waals surface area contributed by atoms with Gasteiger partial charge < -0.3 is 24.6 Å². The Morgan fingerprint density at radius 2 is 1.97 bits per heavy atom. The maximum absolute atomic E-state index is 11.7. The van der Waals surface area contributed by atoms with E-state index in [1.165, 1.54) is 7.11 Å². The second kappa shape index (κ2) is 9.62. The highest BCUT2D eigenvalue weighted by Crippen LogP contribution is 2.42. The molecule has 0 spiro atoms. The lowest BCUT2D eigenvalue weighted by Gasteiger charge is -2.28. The third-order valence-corrected chi connectivity index (χ3v) is 6.47. The van der Waals surface area contributed by atoms with Crippen molar-refractivity contribution in [1.82, 2.24) is 19.8 Å². The molecule has 0 amide bonds. The highest BCUT2D eigenvalue weighted by Gasteiger charge is 2.41. The van der Waals surface area contributed by atoms with Crippen molar-refractivity contribution in [1.29, 1.82) is 0 Å². The first-order valence-corrected chi connectivity index (χ1v) is 11.3. The first-order valence-electron chi connectivity index (χ1n) is 10.9. The fourth-order valence-corrected chi connectivity index (χ4v) is 4.92. The molecule has 3 heterocycles. The molecule has 2 aromatic heterocycles. The van der Waals surface area contributed by atoms with Crippen molar-refractivity contribution in [2.45, 2.75) is 38.8 Å². The molecule has 2 unspecified atom stereocenters. The average molecular weight is 465 g/mol. The fourth-order valence-electron chi connectivity index (χ4n) is 4.59. The van der Waals surface area contributed by atoms with Gasteiger partial charge in [-0.15, -0.1) is 0 Å². The van der Waals surface area contributed by atoms with E-state index in [-0.39, 0.29) is 23.8 Å². The third kappa shape index (κ3) is 4.43. The molecule has 1 aliphatic heterocycles. The van der Waals surface area contributed by atoms with Crippen molar-refractivity contribution in [3.05, 3.63) is 77.4 Å². The minimum absolute atomic E-state index is 0.115. The number of phenols is 1. The molecule has 0 aliphatic carbocycles. The summed E-state index contributed by atoms with van der Waals surface area (Å²) in [4.78, 5) is 18.4. The van der Waals surface area contributed by atoms with E-state index in [0.717, 1.165) is 28.3 Å². The summed E-state index contributed by atoms with van der Waals surface area (Å²) in [5.41, 5.74) is 4.75. The minimum atomic E-state index is -0.233. The lowest BCUT2D eigenvalue weighted by molar-refractivity contribution is -0.140. The Labute approximate surface area is 199 Å². The number of rotatable bonds is 7. The SMILES string of the molecule is COC(=O)CCCN1C(=S)NC(c2ccccn2)C1c1cc(C)n(-c2ccccc2O)c1C. The molecule has 172 valence electrons. The maximum Gasteiger partial charge on any atom is 0.305 e. The third-order valence-electron chi connectivity index (χ3n) is 6.12. The van der Waals surface area contributed by atoms with Gasteiger partial charge in [-0.05, 0) is 68.4 Å². The number of pyridine rings is 1. The molecule has 8 heteroatoms. The molecule has 0 saturated carbocycles. The van der Waals surface area contributed by atoms with Gasteiger partial charge in [-0.1, -0.05) is 18.2 Å². The fraction of sp³-hybridized carbons (Fsp3) is 0.320. The number of hydrogen-bond donors (Lipinski definition) is 2. The van der Waals surface area contributed by atoms with E-state index in [9.17, 15) is 9.90 Å². The van der Waals surface area contributed by atoms with Crippen LogP contribution in [0.1, 0.15) is 47.6 Å². The second-order valence-electron chi connectivity index (χ2n) is 8.15. The number of aromatic hydroxyl groups is 1. The molecule has 1 saturated heterocycles. The first-order chi connectivity index (χ1) is 15.9. The van der Waals surface area contributed by atoms with Crippen LogP contribution in [0.4, 0.5) is 0 Å². The lowest BCUT2D eigenvalue weighted by atomic mass is 9.96. The Bertz CT molecular complexity index is 1160. The summed E-state index contributed by atoms with van der Waals surface area (Å²) in [5, 5.41) is 14.6. The van der Waals surface area contributed by atoms with Crippen LogP contribution in [0.2, 0.25) is 0 Å². The van der Waals surface area contributed by atoms with Crippen LogP contribution in [0, 0.1) is 13.8 Å². The predicted octanol–water partition coefficient (Wildman–Crippen LogP) is 4.12. The zero-order chi connectivity index (χ0) is 23.5. The maximum atomic E-state index is 11.7. The van der Waals surface area contributed by atoms with E-state index in [2.05, 4.69) is 32.8 Å². The van der Waals surface area contributed by atoms with Crippen LogP contribution in [0.3, 0.4) is 0 Å². The minimum Gasteiger partial charge on any atom is -0.506 e. The monoisotopic (exact) mass is 464 g/mol. The summed E-state index contributed by atoms with van der Waals surface area (Å²) in [5.74, 6) is -0.00856. The van der Waals surface area contributed by atoms with E-state index in [4.69, 9.17) is 17.0 Å². The number of benzene rings is 1. The van der Waals surface area contributed by atoms with Crippen molar-refractivity contribution >= 4 is 23.3 Å².